The van der Waals surface area contributed by atoms with Gasteiger partial charge in [-0.15, -0.1) is 0 Å². The van der Waals surface area contributed by atoms with E-state index < -0.39 is 11.5 Å². The fourth-order valence-electron chi connectivity index (χ4n) is 2.70. The summed E-state index contributed by atoms with van der Waals surface area (Å²) in [6.45, 7) is 1.31. The molecule has 2 amide bonds. The summed E-state index contributed by atoms with van der Waals surface area (Å²) in [6, 6.07) is 9.59. The second-order valence-corrected chi connectivity index (χ2v) is 5.61. The lowest BCUT2D eigenvalue weighted by atomic mass is 9.97. The van der Waals surface area contributed by atoms with Crippen molar-refractivity contribution in [3.05, 3.63) is 42.0 Å². The average molecular weight is 318 g/mol. The summed E-state index contributed by atoms with van der Waals surface area (Å²) in [5.41, 5.74) is 5.39. The number of nitrogens with two attached hydrogens (primary N) is 1. The van der Waals surface area contributed by atoms with E-state index in [4.69, 9.17) is 15.2 Å². The van der Waals surface area contributed by atoms with E-state index in [1.807, 2.05) is 30.3 Å². The Kier molecular flexibility index (Phi) is 5.90. The van der Waals surface area contributed by atoms with Gasteiger partial charge < -0.3 is 20.1 Å². The van der Waals surface area contributed by atoms with E-state index >= 15 is 0 Å². The fraction of sp³-hybridized carbons (Fsp3) is 0.412. The predicted octanol–water partition coefficient (Wildman–Crippen LogP) is 0.819. The summed E-state index contributed by atoms with van der Waals surface area (Å²) in [5, 5.41) is 0. The lowest BCUT2D eigenvalue weighted by Gasteiger charge is -2.41. The molecule has 1 aliphatic rings. The topological polar surface area (TPSA) is 81.9 Å². The van der Waals surface area contributed by atoms with Crippen LogP contribution in [-0.4, -0.2) is 55.7 Å². The Labute approximate surface area is 135 Å². The highest BCUT2D eigenvalue weighted by Gasteiger charge is 2.39. The van der Waals surface area contributed by atoms with Crippen LogP contribution in [0.3, 0.4) is 0 Å². The van der Waals surface area contributed by atoms with Crippen LogP contribution >= 0.6 is 0 Å². The highest BCUT2D eigenvalue weighted by atomic mass is 16.5. The molecule has 1 unspecified atom stereocenters. The first kappa shape index (κ1) is 17.2. The number of rotatable bonds is 6. The Morgan fingerprint density at radius 2 is 2.13 bits per heavy atom. The van der Waals surface area contributed by atoms with Gasteiger partial charge in [0.15, 0.2) is 0 Å². The number of morpholine rings is 1. The molecule has 0 radical (unpaired) electrons. The molecule has 0 spiro atoms. The summed E-state index contributed by atoms with van der Waals surface area (Å²) in [7, 11) is 1.53. The molecule has 0 aromatic heterocycles. The van der Waals surface area contributed by atoms with E-state index in [0.717, 1.165) is 5.56 Å². The van der Waals surface area contributed by atoms with Crippen LogP contribution in [0.1, 0.15) is 12.0 Å². The van der Waals surface area contributed by atoms with Crippen molar-refractivity contribution in [2.45, 2.75) is 12.0 Å². The minimum Gasteiger partial charge on any atom is -0.382 e. The maximum absolute atomic E-state index is 12.4. The van der Waals surface area contributed by atoms with Gasteiger partial charge in [0.05, 0.1) is 26.2 Å². The number of benzene rings is 1. The smallest absolute Gasteiger partial charge is 0.246 e. The molecule has 0 bridgehead atoms. The molecule has 1 aromatic rings. The molecule has 1 fully saturated rings. The van der Waals surface area contributed by atoms with E-state index in [9.17, 15) is 9.59 Å². The molecule has 124 valence electrons. The molecule has 0 aliphatic carbocycles. The number of hydrogen-bond donors (Lipinski definition) is 1. The standard InChI is InChI=1S/C17H22N2O4/c1-22-13-17(11-15(18)20)12-19(9-10-23-17)16(21)8-7-14-5-3-2-4-6-14/h2-8H,9-13H2,1H3,(H2,18,20)/b8-7+. The average Bonchev–Trinajstić information content (AvgIpc) is 2.53. The van der Waals surface area contributed by atoms with E-state index in [-0.39, 0.29) is 25.5 Å². The second kappa shape index (κ2) is 7.89. The summed E-state index contributed by atoms with van der Waals surface area (Å²) < 4.78 is 10.9. The zero-order valence-corrected chi connectivity index (χ0v) is 13.2. The second-order valence-electron chi connectivity index (χ2n) is 5.61. The van der Waals surface area contributed by atoms with Crippen molar-refractivity contribution in [3.8, 4) is 0 Å². The third-order valence-electron chi connectivity index (χ3n) is 3.68. The van der Waals surface area contributed by atoms with E-state index in [0.29, 0.717) is 13.2 Å². The maximum atomic E-state index is 12.4. The quantitative estimate of drug-likeness (QED) is 0.787. The van der Waals surface area contributed by atoms with Gasteiger partial charge in [0, 0.05) is 19.7 Å². The zero-order valence-electron chi connectivity index (χ0n) is 13.2. The van der Waals surface area contributed by atoms with Gasteiger partial charge in [-0.2, -0.15) is 0 Å². The van der Waals surface area contributed by atoms with Crippen molar-refractivity contribution < 1.29 is 19.1 Å². The van der Waals surface area contributed by atoms with Crippen LogP contribution in [0.15, 0.2) is 36.4 Å². The molecule has 2 rings (SSSR count). The van der Waals surface area contributed by atoms with E-state index in [2.05, 4.69) is 0 Å². The Morgan fingerprint density at radius 3 is 2.78 bits per heavy atom. The summed E-state index contributed by atoms with van der Waals surface area (Å²) in [5.74, 6) is -0.599. The first-order valence-corrected chi connectivity index (χ1v) is 7.48. The third kappa shape index (κ3) is 4.91. The Balaban J connectivity index is 2.05. The van der Waals surface area contributed by atoms with E-state index in [1.54, 1.807) is 11.0 Å². The fourth-order valence-corrected chi connectivity index (χ4v) is 2.70. The minimum absolute atomic E-state index is 0.0209. The first-order chi connectivity index (χ1) is 11.0. The Hall–Kier alpha value is -2.18. The normalized spacial score (nSPS) is 21.5. The molecular weight excluding hydrogens is 296 g/mol. The van der Waals surface area contributed by atoms with Crippen LogP contribution < -0.4 is 5.73 Å². The lowest BCUT2D eigenvalue weighted by molar-refractivity contribution is -0.163. The first-order valence-electron chi connectivity index (χ1n) is 7.48. The van der Waals surface area contributed by atoms with E-state index in [1.165, 1.54) is 13.2 Å². The monoisotopic (exact) mass is 318 g/mol. The number of ether oxygens (including phenoxy) is 2. The Morgan fingerprint density at radius 1 is 1.39 bits per heavy atom. The number of methoxy groups -OCH3 is 1. The largest absolute Gasteiger partial charge is 0.382 e. The molecular formula is C17H22N2O4. The van der Waals surface area contributed by atoms with Gasteiger partial charge in [-0.05, 0) is 11.6 Å². The maximum Gasteiger partial charge on any atom is 0.246 e. The molecule has 6 heteroatoms. The van der Waals surface area contributed by atoms with Crippen molar-refractivity contribution >= 4 is 17.9 Å². The SMILES string of the molecule is COCC1(CC(N)=O)CN(C(=O)/C=C/c2ccccc2)CCO1. The minimum atomic E-state index is -0.866. The predicted molar refractivity (Wildman–Crippen MR) is 86.4 cm³/mol. The number of carbonyl (C=O) groups is 2. The summed E-state index contributed by atoms with van der Waals surface area (Å²) >= 11 is 0. The number of amides is 2. The highest BCUT2D eigenvalue weighted by Crippen LogP contribution is 2.23. The van der Waals surface area contributed by atoms with Gasteiger partial charge in [0.2, 0.25) is 11.8 Å². The van der Waals surface area contributed by atoms with Crippen molar-refractivity contribution in [1.29, 1.82) is 0 Å². The molecule has 6 nitrogen and oxygen atoms in total. The number of primary amides is 1. The van der Waals surface area contributed by atoms with Gasteiger partial charge in [-0.25, -0.2) is 0 Å². The number of carbonyl (C=O) groups excluding carboxylic acids is 2. The molecule has 1 aliphatic heterocycles. The summed E-state index contributed by atoms with van der Waals surface area (Å²) in [4.78, 5) is 25.3. The van der Waals surface area contributed by atoms with Gasteiger partial charge in [0.25, 0.3) is 0 Å². The van der Waals surface area contributed by atoms with Crippen LogP contribution in [0.2, 0.25) is 0 Å². The van der Waals surface area contributed by atoms with Crippen LogP contribution in [0.25, 0.3) is 6.08 Å². The lowest BCUT2D eigenvalue weighted by Crippen LogP contribution is -2.57. The highest BCUT2D eigenvalue weighted by molar-refractivity contribution is 5.92. The van der Waals surface area contributed by atoms with Crippen molar-refractivity contribution in [2.24, 2.45) is 5.73 Å². The zero-order chi connectivity index (χ0) is 16.7. The third-order valence-corrected chi connectivity index (χ3v) is 3.68. The molecule has 1 atom stereocenters. The van der Waals surface area contributed by atoms with Crippen LogP contribution in [0.5, 0.6) is 0 Å². The van der Waals surface area contributed by atoms with Crippen LogP contribution in [0.4, 0.5) is 0 Å². The number of hydrogen-bond acceptors (Lipinski definition) is 4. The molecule has 2 N–H and O–H groups in total. The summed E-state index contributed by atoms with van der Waals surface area (Å²) in [6.07, 6.45) is 3.32. The van der Waals surface area contributed by atoms with Crippen molar-refractivity contribution in [1.82, 2.24) is 4.90 Å². The number of nitrogens with zero attached hydrogens (tertiary/aromatic N) is 1. The molecule has 1 saturated heterocycles. The van der Waals surface area contributed by atoms with Gasteiger partial charge in [0.1, 0.15) is 5.60 Å². The van der Waals surface area contributed by atoms with Crippen LogP contribution in [-0.2, 0) is 19.1 Å². The van der Waals surface area contributed by atoms with Gasteiger partial charge >= 0.3 is 0 Å². The molecule has 1 aromatic carbocycles. The Bertz CT molecular complexity index is 569. The van der Waals surface area contributed by atoms with Gasteiger partial charge in [-0.1, -0.05) is 30.3 Å². The van der Waals surface area contributed by atoms with Gasteiger partial charge in [-0.3, -0.25) is 9.59 Å². The molecule has 1 heterocycles. The van der Waals surface area contributed by atoms with Crippen molar-refractivity contribution in [2.75, 3.05) is 33.4 Å². The molecule has 0 saturated carbocycles. The van der Waals surface area contributed by atoms with Crippen molar-refractivity contribution in [3.63, 3.8) is 0 Å². The van der Waals surface area contributed by atoms with Crippen LogP contribution in [0, 0.1) is 0 Å². The molecule has 23 heavy (non-hydrogen) atoms.